The second kappa shape index (κ2) is 7.19. The van der Waals surface area contributed by atoms with E-state index in [1.807, 2.05) is 18.4 Å². The number of nitrogens with two attached hydrogens (primary N) is 1. The molecule has 0 saturated carbocycles. The zero-order chi connectivity index (χ0) is 11.8. The predicted molar refractivity (Wildman–Crippen MR) is 65.2 cm³/mol. The molecule has 0 atom stereocenters. The molecule has 5 nitrogen and oxygen atoms in total. The van der Waals surface area contributed by atoms with Gasteiger partial charge in [0.15, 0.2) is 0 Å². The molecule has 0 fully saturated rings. The summed E-state index contributed by atoms with van der Waals surface area (Å²) in [5, 5.41) is 5.64. The van der Waals surface area contributed by atoms with Crippen LogP contribution >= 0.6 is 11.8 Å². The summed E-state index contributed by atoms with van der Waals surface area (Å²) < 4.78 is 5.56. The number of carbonyl (C=O) groups is 1. The van der Waals surface area contributed by atoms with Crippen molar-refractivity contribution < 1.29 is 9.21 Å². The molecule has 1 heterocycles. The first kappa shape index (κ1) is 12.9. The molecule has 6 heteroatoms. The summed E-state index contributed by atoms with van der Waals surface area (Å²) in [4.78, 5) is 10.4. The third kappa shape index (κ3) is 5.09. The van der Waals surface area contributed by atoms with Crippen LogP contribution in [0.3, 0.4) is 0 Å². The third-order valence-corrected chi connectivity index (χ3v) is 2.48. The number of primary amides is 1. The van der Waals surface area contributed by atoms with Gasteiger partial charge in [-0.15, -0.1) is 0 Å². The zero-order valence-corrected chi connectivity index (χ0v) is 10.1. The van der Waals surface area contributed by atoms with E-state index in [2.05, 4.69) is 10.6 Å². The molecule has 0 aliphatic rings. The van der Waals surface area contributed by atoms with Gasteiger partial charge in [0.1, 0.15) is 11.5 Å². The van der Waals surface area contributed by atoms with E-state index in [0.717, 1.165) is 17.3 Å². The largest absolute Gasteiger partial charge is 0.464 e. The molecule has 2 amide bonds. The standard InChI is InChI=1S/C10H17N3O2S/c1-16-7-9-3-2-8(15-9)6-12-4-5-13-10(11)14/h2-3,12H,4-7H2,1H3,(H3,11,13,14). The quantitative estimate of drug-likeness (QED) is 0.622. The van der Waals surface area contributed by atoms with Gasteiger partial charge in [-0.05, 0) is 18.4 Å². The SMILES string of the molecule is CSCc1ccc(CNCCNC(N)=O)o1. The second-order valence-corrected chi connectivity index (χ2v) is 4.13. The van der Waals surface area contributed by atoms with Gasteiger partial charge >= 0.3 is 6.03 Å². The van der Waals surface area contributed by atoms with Gasteiger partial charge in [0.25, 0.3) is 0 Å². The predicted octanol–water partition coefficient (Wildman–Crippen LogP) is 0.901. The maximum atomic E-state index is 10.4. The molecule has 1 rings (SSSR count). The number of urea groups is 1. The Morgan fingerprint density at radius 1 is 1.44 bits per heavy atom. The van der Waals surface area contributed by atoms with Crippen LogP contribution in [0.25, 0.3) is 0 Å². The smallest absolute Gasteiger partial charge is 0.312 e. The van der Waals surface area contributed by atoms with E-state index in [0.29, 0.717) is 19.6 Å². The van der Waals surface area contributed by atoms with E-state index in [4.69, 9.17) is 10.2 Å². The molecule has 0 aromatic carbocycles. The number of amides is 2. The van der Waals surface area contributed by atoms with Gasteiger partial charge in [0, 0.05) is 13.1 Å². The van der Waals surface area contributed by atoms with Crippen LogP contribution in [-0.2, 0) is 12.3 Å². The summed E-state index contributed by atoms with van der Waals surface area (Å²) in [5.74, 6) is 2.78. The lowest BCUT2D eigenvalue weighted by molar-refractivity contribution is 0.249. The van der Waals surface area contributed by atoms with E-state index >= 15 is 0 Å². The van der Waals surface area contributed by atoms with E-state index in [1.165, 1.54) is 0 Å². The fourth-order valence-corrected chi connectivity index (χ4v) is 1.66. The molecule has 1 aromatic heterocycles. The lowest BCUT2D eigenvalue weighted by atomic mass is 10.4. The first-order chi connectivity index (χ1) is 7.72. The summed E-state index contributed by atoms with van der Waals surface area (Å²) in [6.07, 6.45) is 2.04. The highest BCUT2D eigenvalue weighted by atomic mass is 32.2. The summed E-state index contributed by atoms with van der Waals surface area (Å²) in [5.41, 5.74) is 4.92. The summed E-state index contributed by atoms with van der Waals surface area (Å²) in [6.45, 7) is 1.85. The Kier molecular flexibility index (Phi) is 5.81. The van der Waals surface area contributed by atoms with Crippen LogP contribution < -0.4 is 16.4 Å². The maximum absolute atomic E-state index is 10.4. The van der Waals surface area contributed by atoms with Crippen molar-refractivity contribution in [2.45, 2.75) is 12.3 Å². The molecular weight excluding hydrogens is 226 g/mol. The van der Waals surface area contributed by atoms with E-state index < -0.39 is 6.03 Å². The molecule has 16 heavy (non-hydrogen) atoms. The number of furan rings is 1. The van der Waals surface area contributed by atoms with Crippen molar-refractivity contribution in [1.29, 1.82) is 0 Å². The first-order valence-electron chi connectivity index (χ1n) is 5.03. The molecule has 0 radical (unpaired) electrons. The number of nitrogens with one attached hydrogen (secondary N) is 2. The minimum atomic E-state index is -0.498. The average Bonchev–Trinajstić information content (AvgIpc) is 2.65. The van der Waals surface area contributed by atoms with Crippen molar-refractivity contribution >= 4 is 17.8 Å². The average molecular weight is 243 g/mol. The summed E-state index contributed by atoms with van der Waals surface area (Å²) in [6, 6.07) is 3.44. The van der Waals surface area contributed by atoms with E-state index in [9.17, 15) is 4.79 Å². The Morgan fingerprint density at radius 2 is 2.19 bits per heavy atom. The van der Waals surface area contributed by atoms with Gasteiger partial charge in [-0.1, -0.05) is 0 Å². The number of hydrogen-bond donors (Lipinski definition) is 3. The lowest BCUT2D eigenvalue weighted by Crippen LogP contribution is -2.35. The second-order valence-electron chi connectivity index (χ2n) is 3.27. The molecule has 90 valence electrons. The van der Waals surface area contributed by atoms with E-state index in [1.54, 1.807) is 11.8 Å². The number of carbonyl (C=O) groups excluding carboxylic acids is 1. The fraction of sp³-hybridized carbons (Fsp3) is 0.500. The monoisotopic (exact) mass is 243 g/mol. The van der Waals surface area contributed by atoms with Gasteiger partial charge in [-0.25, -0.2) is 4.79 Å². The molecule has 0 bridgehead atoms. The lowest BCUT2D eigenvalue weighted by Gasteiger charge is -2.02. The van der Waals surface area contributed by atoms with Gasteiger partial charge in [-0.2, -0.15) is 11.8 Å². The van der Waals surface area contributed by atoms with Gasteiger partial charge < -0.3 is 20.8 Å². The van der Waals surface area contributed by atoms with Crippen molar-refractivity contribution in [3.05, 3.63) is 23.7 Å². The number of rotatable bonds is 7. The number of hydrogen-bond acceptors (Lipinski definition) is 4. The molecule has 0 aliphatic carbocycles. The van der Waals surface area contributed by atoms with Crippen molar-refractivity contribution in [1.82, 2.24) is 10.6 Å². The highest BCUT2D eigenvalue weighted by molar-refractivity contribution is 7.97. The normalized spacial score (nSPS) is 10.3. The molecule has 0 aliphatic heterocycles. The Bertz CT molecular complexity index is 328. The highest BCUT2D eigenvalue weighted by Gasteiger charge is 2.00. The van der Waals surface area contributed by atoms with Gasteiger partial charge in [0.2, 0.25) is 0 Å². The van der Waals surface area contributed by atoms with Gasteiger partial charge in [-0.3, -0.25) is 0 Å². The van der Waals surface area contributed by atoms with Crippen molar-refractivity contribution in [3.8, 4) is 0 Å². The Hall–Kier alpha value is -1.14. The van der Waals surface area contributed by atoms with Crippen LogP contribution in [-0.4, -0.2) is 25.4 Å². The molecule has 0 saturated heterocycles. The van der Waals surface area contributed by atoms with Crippen molar-refractivity contribution in [2.75, 3.05) is 19.3 Å². The minimum absolute atomic E-state index is 0.498. The minimum Gasteiger partial charge on any atom is -0.464 e. The Balaban J connectivity index is 2.14. The van der Waals surface area contributed by atoms with Crippen LogP contribution in [0, 0.1) is 0 Å². The zero-order valence-electron chi connectivity index (χ0n) is 9.29. The molecule has 0 spiro atoms. The molecule has 4 N–H and O–H groups in total. The number of thioether (sulfide) groups is 1. The summed E-state index contributed by atoms with van der Waals surface area (Å²) in [7, 11) is 0. The maximum Gasteiger partial charge on any atom is 0.312 e. The van der Waals surface area contributed by atoms with Crippen molar-refractivity contribution in [3.63, 3.8) is 0 Å². The first-order valence-corrected chi connectivity index (χ1v) is 6.42. The molecule has 1 aromatic rings. The van der Waals surface area contributed by atoms with E-state index in [-0.39, 0.29) is 0 Å². The fourth-order valence-electron chi connectivity index (χ4n) is 1.22. The Morgan fingerprint density at radius 3 is 2.88 bits per heavy atom. The van der Waals surface area contributed by atoms with Crippen LogP contribution in [0.2, 0.25) is 0 Å². The molecular formula is C10H17N3O2S. The molecule has 0 unspecified atom stereocenters. The van der Waals surface area contributed by atoms with Crippen LogP contribution in [0.4, 0.5) is 4.79 Å². The topological polar surface area (TPSA) is 80.3 Å². The highest BCUT2D eigenvalue weighted by Crippen LogP contribution is 2.12. The van der Waals surface area contributed by atoms with Crippen LogP contribution in [0.15, 0.2) is 16.5 Å². The van der Waals surface area contributed by atoms with Crippen LogP contribution in [0.5, 0.6) is 0 Å². The summed E-state index contributed by atoms with van der Waals surface area (Å²) >= 11 is 1.73. The Labute approximate surface area is 99.1 Å². The third-order valence-electron chi connectivity index (χ3n) is 1.90. The van der Waals surface area contributed by atoms with Gasteiger partial charge in [0.05, 0.1) is 12.3 Å². The van der Waals surface area contributed by atoms with Crippen molar-refractivity contribution in [2.24, 2.45) is 5.73 Å². The van der Waals surface area contributed by atoms with Crippen LogP contribution in [0.1, 0.15) is 11.5 Å².